The van der Waals surface area contributed by atoms with Crippen LogP contribution < -0.4 is 14.8 Å². The van der Waals surface area contributed by atoms with Crippen molar-refractivity contribution in [3.8, 4) is 11.5 Å². The molecule has 4 nitrogen and oxygen atoms in total. The molecule has 2 aromatic rings. The molecule has 0 atom stereocenters. The number of hydrogen-bond acceptors (Lipinski definition) is 3. The molecule has 2 aromatic carbocycles. The highest BCUT2D eigenvalue weighted by molar-refractivity contribution is 5.90. The van der Waals surface area contributed by atoms with E-state index in [0.29, 0.717) is 25.4 Å². The van der Waals surface area contributed by atoms with E-state index in [9.17, 15) is 9.18 Å². The average molecular weight is 301 g/mol. The molecule has 0 saturated heterocycles. The lowest BCUT2D eigenvalue weighted by Gasteiger charge is -2.18. The van der Waals surface area contributed by atoms with Gasteiger partial charge in [0.25, 0.3) is 0 Å². The molecule has 1 N–H and O–H groups in total. The number of carbonyl (C=O) groups is 1. The average Bonchev–Trinajstić information content (AvgIpc) is 2.55. The summed E-state index contributed by atoms with van der Waals surface area (Å²) in [6.07, 6.45) is 0.824. The first-order valence-corrected chi connectivity index (χ1v) is 7.15. The standard InChI is InChI=1S/C17H16FNO3/c18-13-3-1-2-4-14(13)19-17(20)8-6-12-5-7-15-16(11-12)22-10-9-21-15/h1-5,7,11H,6,8-10H2,(H,19,20). The van der Waals surface area contributed by atoms with E-state index in [0.717, 1.165) is 11.3 Å². The maximum absolute atomic E-state index is 13.5. The molecule has 0 aliphatic carbocycles. The fraction of sp³-hybridized carbons (Fsp3) is 0.235. The van der Waals surface area contributed by atoms with Gasteiger partial charge in [-0.2, -0.15) is 0 Å². The fourth-order valence-electron chi connectivity index (χ4n) is 2.28. The summed E-state index contributed by atoms with van der Waals surface area (Å²) >= 11 is 0. The predicted molar refractivity (Wildman–Crippen MR) is 80.8 cm³/mol. The Kier molecular flexibility index (Phi) is 4.23. The van der Waals surface area contributed by atoms with Crippen molar-refractivity contribution in [2.24, 2.45) is 0 Å². The number of para-hydroxylation sites is 1. The molecular weight excluding hydrogens is 285 g/mol. The van der Waals surface area contributed by atoms with Crippen LogP contribution in [-0.2, 0) is 11.2 Å². The van der Waals surface area contributed by atoms with Gasteiger partial charge in [-0.1, -0.05) is 18.2 Å². The lowest BCUT2D eigenvalue weighted by atomic mass is 10.1. The van der Waals surface area contributed by atoms with E-state index in [1.807, 2.05) is 18.2 Å². The second kappa shape index (κ2) is 6.47. The number of fused-ring (bicyclic) bond motifs is 1. The monoisotopic (exact) mass is 301 g/mol. The number of benzene rings is 2. The molecule has 1 aliphatic rings. The zero-order valence-corrected chi connectivity index (χ0v) is 12.0. The van der Waals surface area contributed by atoms with E-state index in [1.165, 1.54) is 12.1 Å². The van der Waals surface area contributed by atoms with Crippen molar-refractivity contribution < 1.29 is 18.7 Å². The molecular formula is C17H16FNO3. The number of ether oxygens (including phenoxy) is 2. The molecule has 0 saturated carbocycles. The lowest BCUT2D eigenvalue weighted by molar-refractivity contribution is -0.116. The molecule has 0 unspecified atom stereocenters. The van der Waals surface area contributed by atoms with Crippen LogP contribution in [-0.4, -0.2) is 19.1 Å². The first kappa shape index (κ1) is 14.4. The second-order valence-corrected chi connectivity index (χ2v) is 5.01. The predicted octanol–water partition coefficient (Wildman–Crippen LogP) is 3.17. The van der Waals surface area contributed by atoms with E-state index in [1.54, 1.807) is 12.1 Å². The summed E-state index contributed by atoms with van der Waals surface area (Å²) in [6.45, 7) is 1.08. The van der Waals surface area contributed by atoms with Crippen LogP contribution in [0.2, 0.25) is 0 Å². The largest absolute Gasteiger partial charge is 0.486 e. The van der Waals surface area contributed by atoms with Gasteiger partial charge in [0.05, 0.1) is 5.69 Å². The smallest absolute Gasteiger partial charge is 0.224 e. The molecule has 0 bridgehead atoms. The highest BCUT2D eigenvalue weighted by Gasteiger charge is 2.12. The number of nitrogens with one attached hydrogen (secondary N) is 1. The molecule has 0 radical (unpaired) electrons. The summed E-state index contributed by atoms with van der Waals surface area (Å²) in [7, 11) is 0. The molecule has 0 spiro atoms. The lowest BCUT2D eigenvalue weighted by Crippen LogP contribution is -2.16. The minimum atomic E-state index is -0.435. The number of rotatable bonds is 4. The van der Waals surface area contributed by atoms with Crippen molar-refractivity contribution >= 4 is 11.6 Å². The molecule has 1 aliphatic heterocycles. The second-order valence-electron chi connectivity index (χ2n) is 5.01. The first-order valence-electron chi connectivity index (χ1n) is 7.15. The summed E-state index contributed by atoms with van der Waals surface area (Å²) in [5.74, 6) is 0.777. The topological polar surface area (TPSA) is 47.6 Å². The minimum absolute atomic E-state index is 0.203. The zero-order chi connectivity index (χ0) is 15.4. The van der Waals surface area contributed by atoms with Gasteiger partial charge in [0.1, 0.15) is 19.0 Å². The molecule has 3 rings (SSSR count). The van der Waals surface area contributed by atoms with E-state index < -0.39 is 5.82 Å². The van der Waals surface area contributed by atoms with Crippen LogP contribution >= 0.6 is 0 Å². The molecule has 0 aromatic heterocycles. The maximum Gasteiger partial charge on any atom is 0.224 e. The van der Waals surface area contributed by atoms with Crippen molar-refractivity contribution in [3.05, 3.63) is 53.8 Å². The molecule has 5 heteroatoms. The van der Waals surface area contributed by atoms with Crippen LogP contribution in [0.25, 0.3) is 0 Å². The molecule has 1 heterocycles. The van der Waals surface area contributed by atoms with Gasteiger partial charge < -0.3 is 14.8 Å². The third-order valence-corrected chi connectivity index (χ3v) is 3.40. The van der Waals surface area contributed by atoms with Gasteiger partial charge in [-0.15, -0.1) is 0 Å². The SMILES string of the molecule is O=C(CCc1ccc2c(c1)OCCO2)Nc1ccccc1F. The third kappa shape index (κ3) is 3.36. The molecule has 0 fully saturated rings. The highest BCUT2D eigenvalue weighted by atomic mass is 19.1. The normalized spacial score (nSPS) is 12.8. The van der Waals surface area contributed by atoms with Crippen molar-refractivity contribution in [2.75, 3.05) is 18.5 Å². The third-order valence-electron chi connectivity index (χ3n) is 3.40. The Hall–Kier alpha value is -2.56. The van der Waals surface area contributed by atoms with E-state index >= 15 is 0 Å². The first-order chi connectivity index (χ1) is 10.7. The maximum atomic E-state index is 13.5. The van der Waals surface area contributed by atoms with E-state index in [-0.39, 0.29) is 18.0 Å². The van der Waals surface area contributed by atoms with Crippen molar-refractivity contribution in [2.45, 2.75) is 12.8 Å². The van der Waals surface area contributed by atoms with Gasteiger partial charge in [-0.05, 0) is 36.2 Å². The number of amides is 1. The molecule has 22 heavy (non-hydrogen) atoms. The van der Waals surface area contributed by atoms with Crippen LogP contribution in [0.15, 0.2) is 42.5 Å². The number of hydrogen-bond donors (Lipinski definition) is 1. The van der Waals surface area contributed by atoms with Gasteiger partial charge >= 0.3 is 0 Å². The Morgan fingerprint density at radius 2 is 1.86 bits per heavy atom. The molecule has 1 amide bonds. The Morgan fingerprint density at radius 1 is 1.09 bits per heavy atom. The van der Waals surface area contributed by atoms with Gasteiger partial charge in [0.15, 0.2) is 11.5 Å². The zero-order valence-electron chi connectivity index (χ0n) is 12.0. The number of anilines is 1. The minimum Gasteiger partial charge on any atom is -0.486 e. The summed E-state index contributed by atoms with van der Waals surface area (Å²) in [5.41, 5.74) is 1.18. The number of aryl methyl sites for hydroxylation is 1. The van der Waals surface area contributed by atoms with Gasteiger partial charge in [-0.25, -0.2) is 4.39 Å². The van der Waals surface area contributed by atoms with Crippen LogP contribution in [0, 0.1) is 5.82 Å². The summed E-state index contributed by atoms with van der Waals surface area (Å²) < 4.78 is 24.4. The van der Waals surface area contributed by atoms with Crippen LogP contribution in [0.3, 0.4) is 0 Å². The quantitative estimate of drug-likeness (QED) is 0.943. The number of halogens is 1. The van der Waals surface area contributed by atoms with Crippen molar-refractivity contribution in [3.63, 3.8) is 0 Å². The van der Waals surface area contributed by atoms with Crippen LogP contribution in [0.1, 0.15) is 12.0 Å². The highest BCUT2D eigenvalue weighted by Crippen LogP contribution is 2.31. The summed E-state index contributed by atoms with van der Waals surface area (Å²) in [5, 5.41) is 2.57. The van der Waals surface area contributed by atoms with E-state index in [4.69, 9.17) is 9.47 Å². The van der Waals surface area contributed by atoms with Crippen LogP contribution in [0.4, 0.5) is 10.1 Å². The Bertz CT molecular complexity index is 687. The Morgan fingerprint density at radius 3 is 2.68 bits per heavy atom. The van der Waals surface area contributed by atoms with E-state index in [2.05, 4.69) is 5.32 Å². The van der Waals surface area contributed by atoms with Gasteiger partial charge in [0.2, 0.25) is 5.91 Å². The fourth-order valence-corrected chi connectivity index (χ4v) is 2.28. The van der Waals surface area contributed by atoms with Crippen molar-refractivity contribution in [1.29, 1.82) is 0 Å². The van der Waals surface area contributed by atoms with Crippen molar-refractivity contribution in [1.82, 2.24) is 0 Å². The Labute approximate surface area is 127 Å². The van der Waals surface area contributed by atoms with Crippen LogP contribution in [0.5, 0.6) is 11.5 Å². The summed E-state index contributed by atoms with van der Waals surface area (Å²) in [6, 6.07) is 11.8. The van der Waals surface area contributed by atoms with Gasteiger partial charge in [-0.3, -0.25) is 4.79 Å². The van der Waals surface area contributed by atoms with Gasteiger partial charge in [0, 0.05) is 6.42 Å². The molecule has 114 valence electrons. The number of carbonyl (C=O) groups excluding carboxylic acids is 1. The Balaban J connectivity index is 1.58. The summed E-state index contributed by atoms with van der Waals surface area (Å²) in [4.78, 5) is 11.9.